The van der Waals surface area contributed by atoms with Crippen molar-refractivity contribution in [1.29, 1.82) is 0 Å². The summed E-state index contributed by atoms with van der Waals surface area (Å²) in [5, 5.41) is 16.8. The average Bonchev–Trinajstić information content (AvgIpc) is 3.00. The Bertz CT molecular complexity index is 1210. The van der Waals surface area contributed by atoms with E-state index < -0.39 is 4.92 Å². The van der Waals surface area contributed by atoms with E-state index in [9.17, 15) is 14.9 Å². The molecule has 2 aromatic carbocycles. The standard InChI is InChI=1S/C19H14N4O3/c1-11-17(12(2)24)18(14-8-4-6-10-16(14)23(25)26)20-19-13-7-3-5-9-15(13)21-22(11)19/h3-10H,1-2H3. The van der Waals surface area contributed by atoms with E-state index in [1.165, 1.54) is 13.0 Å². The zero-order valence-corrected chi connectivity index (χ0v) is 14.1. The van der Waals surface area contributed by atoms with Crippen molar-refractivity contribution >= 4 is 28.0 Å². The van der Waals surface area contributed by atoms with Crippen LogP contribution in [0.3, 0.4) is 0 Å². The van der Waals surface area contributed by atoms with Crippen LogP contribution in [0.4, 0.5) is 5.69 Å². The van der Waals surface area contributed by atoms with E-state index in [4.69, 9.17) is 0 Å². The molecule has 0 fully saturated rings. The van der Waals surface area contributed by atoms with Crippen LogP contribution in [0.5, 0.6) is 0 Å². The molecule has 7 nitrogen and oxygen atoms in total. The highest BCUT2D eigenvalue weighted by molar-refractivity contribution is 6.03. The molecular formula is C19H14N4O3. The number of nitrogens with zero attached hydrogens (tertiary/aromatic N) is 4. The summed E-state index contributed by atoms with van der Waals surface area (Å²) >= 11 is 0. The number of aryl methyl sites for hydroxylation is 1. The lowest BCUT2D eigenvalue weighted by molar-refractivity contribution is -0.384. The highest BCUT2D eigenvalue weighted by Crippen LogP contribution is 2.34. The SMILES string of the molecule is CC(=O)c1c(-c2ccccc2[N+](=O)[O-])nc2c3ccccc3nn2c1C. The van der Waals surface area contributed by atoms with E-state index in [0.717, 1.165) is 10.9 Å². The molecule has 0 aliphatic carbocycles. The minimum absolute atomic E-state index is 0.0879. The number of nitro benzene ring substituents is 1. The largest absolute Gasteiger partial charge is 0.294 e. The summed E-state index contributed by atoms with van der Waals surface area (Å²) in [4.78, 5) is 28.0. The van der Waals surface area contributed by atoms with Crippen LogP contribution in [0, 0.1) is 17.0 Å². The molecule has 0 amide bonds. The molecule has 0 unspecified atom stereocenters. The Kier molecular flexibility index (Phi) is 3.50. The molecule has 0 saturated carbocycles. The number of Topliss-reactive ketones (excluding diaryl/α,β-unsaturated/α-hetero) is 1. The number of fused-ring (bicyclic) bond motifs is 3. The minimum atomic E-state index is -0.463. The fourth-order valence-electron chi connectivity index (χ4n) is 3.25. The predicted molar refractivity (Wildman–Crippen MR) is 97.3 cm³/mol. The first-order valence-electron chi connectivity index (χ1n) is 8.02. The highest BCUT2D eigenvalue weighted by atomic mass is 16.6. The lowest BCUT2D eigenvalue weighted by Crippen LogP contribution is -2.09. The number of ketones is 1. The molecule has 0 saturated heterocycles. The topological polar surface area (TPSA) is 90.4 Å². The number of aromatic nitrogens is 3. The third-order valence-corrected chi connectivity index (χ3v) is 4.40. The lowest BCUT2D eigenvalue weighted by atomic mass is 10.0. The second kappa shape index (κ2) is 5.73. The lowest BCUT2D eigenvalue weighted by Gasteiger charge is -2.11. The zero-order chi connectivity index (χ0) is 18.4. The number of carbonyl (C=O) groups is 1. The summed E-state index contributed by atoms with van der Waals surface area (Å²) in [6, 6.07) is 13.8. The molecule has 2 aromatic heterocycles. The van der Waals surface area contributed by atoms with Crippen LogP contribution >= 0.6 is 0 Å². The van der Waals surface area contributed by atoms with E-state index in [-0.39, 0.29) is 11.5 Å². The quantitative estimate of drug-likeness (QED) is 0.318. The summed E-state index contributed by atoms with van der Waals surface area (Å²) in [5.41, 5.74) is 2.79. The second-order valence-electron chi connectivity index (χ2n) is 6.00. The van der Waals surface area contributed by atoms with Gasteiger partial charge in [-0.15, -0.1) is 0 Å². The number of rotatable bonds is 3. The van der Waals surface area contributed by atoms with Crippen molar-refractivity contribution in [3.8, 4) is 11.3 Å². The Balaban J connectivity index is 2.18. The van der Waals surface area contributed by atoms with Gasteiger partial charge in [-0.2, -0.15) is 5.10 Å². The Hall–Kier alpha value is -3.61. The van der Waals surface area contributed by atoms with E-state index in [0.29, 0.717) is 28.2 Å². The third kappa shape index (κ3) is 2.25. The van der Waals surface area contributed by atoms with E-state index in [1.54, 1.807) is 29.6 Å². The van der Waals surface area contributed by atoms with E-state index >= 15 is 0 Å². The molecule has 7 heteroatoms. The maximum atomic E-state index is 12.3. The second-order valence-corrected chi connectivity index (χ2v) is 6.00. The molecule has 0 atom stereocenters. The molecule has 26 heavy (non-hydrogen) atoms. The smallest absolute Gasteiger partial charge is 0.278 e. The molecule has 0 aliphatic heterocycles. The van der Waals surface area contributed by atoms with Crippen LogP contribution in [-0.2, 0) is 0 Å². The van der Waals surface area contributed by atoms with Gasteiger partial charge < -0.3 is 0 Å². The van der Waals surface area contributed by atoms with Crippen molar-refractivity contribution in [3.05, 3.63) is 69.9 Å². The number of benzene rings is 2. The van der Waals surface area contributed by atoms with Gasteiger partial charge in [0.2, 0.25) is 0 Å². The van der Waals surface area contributed by atoms with Crippen LogP contribution < -0.4 is 0 Å². The Morgan fingerprint density at radius 3 is 2.54 bits per heavy atom. The van der Waals surface area contributed by atoms with Crippen molar-refractivity contribution in [3.63, 3.8) is 0 Å². The van der Waals surface area contributed by atoms with Crippen LogP contribution in [0.25, 0.3) is 27.8 Å². The zero-order valence-electron chi connectivity index (χ0n) is 14.1. The van der Waals surface area contributed by atoms with Gasteiger partial charge in [-0.05, 0) is 32.0 Å². The maximum Gasteiger partial charge on any atom is 0.278 e. The summed E-state index contributed by atoms with van der Waals surface area (Å²) < 4.78 is 1.62. The van der Waals surface area contributed by atoms with Gasteiger partial charge in [0.15, 0.2) is 11.4 Å². The molecule has 128 valence electrons. The summed E-state index contributed by atoms with van der Waals surface area (Å²) in [7, 11) is 0. The number of hydrogen-bond acceptors (Lipinski definition) is 5. The molecule has 4 aromatic rings. The van der Waals surface area contributed by atoms with Crippen molar-refractivity contribution in [2.45, 2.75) is 13.8 Å². The van der Waals surface area contributed by atoms with Gasteiger partial charge in [-0.1, -0.05) is 24.3 Å². The predicted octanol–water partition coefficient (Wildman–Crippen LogP) is 3.97. The van der Waals surface area contributed by atoms with Crippen LogP contribution in [0.1, 0.15) is 23.0 Å². The molecule has 0 spiro atoms. The summed E-state index contributed by atoms with van der Waals surface area (Å²) in [6.45, 7) is 3.20. The van der Waals surface area contributed by atoms with E-state index in [2.05, 4.69) is 10.1 Å². The van der Waals surface area contributed by atoms with E-state index in [1.807, 2.05) is 24.3 Å². The molecular weight excluding hydrogens is 332 g/mol. The molecule has 0 bridgehead atoms. The van der Waals surface area contributed by atoms with Crippen molar-refractivity contribution in [2.75, 3.05) is 0 Å². The third-order valence-electron chi connectivity index (χ3n) is 4.40. The first kappa shape index (κ1) is 15.9. The minimum Gasteiger partial charge on any atom is -0.294 e. The molecule has 0 radical (unpaired) electrons. The molecule has 4 rings (SSSR count). The van der Waals surface area contributed by atoms with Gasteiger partial charge in [-0.25, -0.2) is 9.50 Å². The Morgan fingerprint density at radius 2 is 1.81 bits per heavy atom. The number of hydrogen-bond donors (Lipinski definition) is 0. The first-order chi connectivity index (χ1) is 12.5. The normalized spacial score (nSPS) is 11.2. The van der Waals surface area contributed by atoms with Crippen LogP contribution in [0.15, 0.2) is 48.5 Å². The molecule has 2 heterocycles. The van der Waals surface area contributed by atoms with Crippen molar-refractivity contribution in [2.24, 2.45) is 0 Å². The monoisotopic (exact) mass is 346 g/mol. The fourth-order valence-corrected chi connectivity index (χ4v) is 3.25. The Morgan fingerprint density at radius 1 is 1.12 bits per heavy atom. The van der Waals surface area contributed by atoms with Crippen molar-refractivity contribution < 1.29 is 9.72 Å². The van der Waals surface area contributed by atoms with Gasteiger partial charge in [0.05, 0.1) is 33.0 Å². The number of nitro groups is 1. The number of carbonyl (C=O) groups excluding carboxylic acids is 1. The average molecular weight is 346 g/mol. The van der Waals surface area contributed by atoms with Crippen LogP contribution in [-0.4, -0.2) is 25.3 Å². The Labute approximate surface area is 148 Å². The molecule has 0 aliphatic rings. The van der Waals surface area contributed by atoms with Crippen molar-refractivity contribution in [1.82, 2.24) is 14.6 Å². The van der Waals surface area contributed by atoms with Gasteiger partial charge in [-0.3, -0.25) is 14.9 Å². The first-order valence-corrected chi connectivity index (χ1v) is 8.02. The molecule has 0 N–H and O–H groups in total. The van der Waals surface area contributed by atoms with Gasteiger partial charge in [0.25, 0.3) is 5.69 Å². The van der Waals surface area contributed by atoms with Gasteiger partial charge in [0.1, 0.15) is 0 Å². The summed E-state index contributed by atoms with van der Waals surface area (Å²) in [6.07, 6.45) is 0. The van der Waals surface area contributed by atoms with Crippen LogP contribution in [0.2, 0.25) is 0 Å². The maximum absolute atomic E-state index is 12.3. The summed E-state index contributed by atoms with van der Waals surface area (Å²) in [5.74, 6) is -0.218. The highest BCUT2D eigenvalue weighted by Gasteiger charge is 2.24. The van der Waals surface area contributed by atoms with Gasteiger partial charge in [0, 0.05) is 11.5 Å². The number of para-hydroxylation sites is 1. The van der Waals surface area contributed by atoms with Gasteiger partial charge >= 0.3 is 0 Å². The fraction of sp³-hybridized carbons (Fsp3) is 0.105.